The number of halogens is 1. The van der Waals surface area contributed by atoms with Crippen molar-refractivity contribution in [1.29, 1.82) is 0 Å². The average Bonchev–Trinajstić information content (AvgIpc) is 2.70. The number of rotatable bonds is 9. The third-order valence-corrected chi connectivity index (χ3v) is 4.94. The van der Waals surface area contributed by atoms with Crippen molar-refractivity contribution in [1.82, 2.24) is 15.2 Å². The van der Waals surface area contributed by atoms with E-state index in [1.807, 2.05) is 24.3 Å². The lowest BCUT2D eigenvalue weighted by molar-refractivity contribution is -0.139. The molecule has 0 bridgehead atoms. The number of carboxylic acid groups (broad SMARTS) is 1. The molecule has 3 N–H and O–H groups in total. The number of nitrogens with zero attached hydrogens (tertiary/aromatic N) is 1. The number of carboxylic acids is 1. The van der Waals surface area contributed by atoms with E-state index >= 15 is 0 Å². The van der Waals surface area contributed by atoms with E-state index in [4.69, 9.17) is 4.74 Å². The van der Waals surface area contributed by atoms with Crippen molar-refractivity contribution < 1.29 is 24.2 Å². The van der Waals surface area contributed by atoms with Crippen molar-refractivity contribution in [2.75, 3.05) is 6.54 Å². The van der Waals surface area contributed by atoms with E-state index in [1.165, 1.54) is 10.6 Å². The van der Waals surface area contributed by atoms with Crippen molar-refractivity contribution in [3.63, 3.8) is 0 Å². The van der Waals surface area contributed by atoms with Crippen LogP contribution in [-0.4, -0.2) is 45.8 Å². The Kier molecular flexibility index (Phi) is 9.22. The Morgan fingerprint density at radius 3 is 2.55 bits per heavy atom. The van der Waals surface area contributed by atoms with Crippen LogP contribution < -0.4 is 16.2 Å². The van der Waals surface area contributed by atoms with Gasteiger partial charge >= 0.3 is 12.1 Å². The number of amides is 2. The Labute approximate surface area is 200 Å². The van der Waals surface area contributed by atoms with Gasteiger partial charge in [-0.2, -0.15) is 0 Å². The summed E-state index contributed by atoms with van der Waals surface area (Å²) < 4.78 is 7.37. The molecule has 0 aliphatic rings. The standard InChI is InChI=1S/C23H28BrN3O6/c1-23(2,3)33-22(32)25-11-5-10-18(21(30)31)26-19(28)17-9-6-12-27(20(17)29)14-15-7-4-8-16(24)13-15/h4,6-9,12-13,18H,5,10-11,14H2,1-3H3,(H,25,32)(H,26,28)(H,30,31)/t18-/m0/s1. The maximum absolute atomic E-state index is 12.8. The third-order valence-electron chi connectivity index (χ3n) is 4.45. The predicted octanol–water partition coefficient (Wildman–Crippen LogP) is 3.15. The molecule has 9 nitrogen and oxygen atoms in total. The number of benzene rings is 1. The summed E-state index contributed by atoms with van der Waals surface area (Å²) in [6.45, 7) is 5.65. The molecule has 0 fully saturated rings. The molecule has 0 aliphatic heterocycles. The predicted molar refractivity (Wildman–Crippen MR) is 126 cm³/mol. The molecule has 2 amide bonds. The summed E-state index contributed by atoms with van der Waals surface area (Å²) in [6.07, 6.45) is 1.32. The van der Waals surface area contributed by atoms with E-state index < -0.39 is 35.2 Å². The lowest BCUT2D eigenvalue weighted by Crippen LogP contribution is -2.43. The Bertz CT molecular complexity index is 1060. The molecule has 0 saturated carbocycles. The number of pyridine rings is 1. The van der Waals surface area contributed by atoms with Gasteiger partial charge in [-0.25, -0.2) is 9.59 Å². The summed E-state index contributed by atoms with van der Waals surface area (Å²) in [5.41, 5.74) is -0.442. The van der Waals surface area contributed by atoms with Gasteiger partial charge in [0.2, 0.25) is 0 Å². The van der Waals surface area contributed by atoms with Gasteiger partial charge in [0.15, 0.2) is 0 Å². The SMILES string of the molecule is CC(C)(C)OC(=O)NCCC[C@H](NC(=O)c1cccn(Cc2cccc(Br)c2)c1=O)C(=O)O. The van der Waals surface area contributed by atoms with E-state index in [0.29, 0.717) is 6.42 Å². The summed E-state index contributed by atoms with van der Waals surface area (Å²) >= 11 is 3.38. The number of alkyl carbamates (subject to hydrolysis) is 1. The monoisotopic (exact) mass is 521 g/mol. The largest absolute Gasteiger partial charge is 0.480 e. The van der Waals surface area contributed by atoms with Crippen LogP contribution in [0.2, 0.25) is 0 Å². The van der Waals surface area contributed by atoms with Gasteiger partial charge in [0, 0.05) is 17.2 Å². The first kappa shape index (κ1) is 26.1. The molecule has 1 heterocycles. The van der Waals surface area contributed by atoms with Crippen molar-refractivity contribution >= 4 is 33.9 Å². The van der Waals surface area contributed by atoms with Crippen LogP contribution >= 0.6 is 15.9 Å². The van der Waals surface area contributed by atoms with E-state index in [0.717, 1.165) is 10.0 Å². The first-order chi connectivity index (χ1) is 15.5. The van der Waals surface area contributed by atoms with Gasteiger partial charge in [-0.3, -0.25) is 9.59 Å². The Hall–Kier alpha value is -3.14. The first-order valence-corrected chi connectivity index (χ1v) is 11.2. The summed E-state index contributed by atoms with van der Waals surface area (Å²) in [6, 6.07) is 9.14. The number of aliphatic carboxylic acids is 1. The molecule has 0 aliphatic carbocycles. The quantitative estimate of drug-likeness (QED) is 0.435. The summed E-state index contributed by atoms with van der Waals surface area (Å²) in [5.74, 6) is -2.00. The number of hydrogen-bond donors (Lipinski definition) is 3. The van der Waals surface area contributed by atoms with Crippen molar-refractivity contribution in [2.24, 2.45) is 0 Å². The van der Waals surface area contributed by atoms with Gasteiger partial charge in [-0.05, 0) is 63.4 Å². The van der Waals surface area contributed by atoms with Crippen molar-refractivity contribution in [2.45, 2.75) is 51.8 Å². The second-order valence-electron chi connectivity index (χ2n) is 8.42. The van der Waals surface area contributed by atoms with Crippen LogP contribution in [0.5, 0.6) is 0 Å². The van der Waals surface area contributed by atoms with Gasteiger partial charge in [0.25, 0.3) is 11.5 Å². The van der Waals surface area contributed by atoms with Gasteiger partial charge in [-0.1, -0.05) is 28.1 Å². The maximum atomic E-state index is 12.8. The van der Waals surface area contributed by atoms with Crippen molar-refractivity contribution in [3.05, 3.63) is 68.5 Å². The van der Waals surface area contributed by atoms with Crippen LogP contribution in [-0.2, 0) is 16.1 Å². The molecule has 0 saturated heterocycles. The minimum atomic E-state index is -1.23. The highest BCUT2D eigenvalue weighted by Gasteiger charge is 2.22. The molecule has 2 aromatic rings. The number of aromatic nitrogens is 1. The first-order valence-electron chi connectivity index (χ1n) is 10.4. The normalized spacial score (nSPS) is 12.0. The number of carbonyl (C=O) groups excluding carboxylic acids is 2. The Morgan fingerprint density at radius 1 is 1.18 bits per heavy atom. The molecule has 2 rings (SSSR count). The van der Waals surface area contributed by atoms with Crippen LogP contribution in [0.3, 0.4) is 0 Å². The topological polar surface area (TPSA) is 127 Å². The van der Waals surface area contributed by atoms with Crippen LogP contribution in [0.15, 0.2) is 51.9 Å². The van der Waals surface area contributed by atoms with Crippen LogP contribution in [0.25, 0.3) is 0 Å². The third kappa shape index (κ3) is 8.72. The molecule has 1 aromatic carbocycles. The van der Waals surface area contributed by atoms with E-state index in [2.05, 4.69) is 26.6 Å². The second kappa shape index (κ2) is 11.6. The smallest absolute Gasteiger partial charge is 0.407 e. The average molecular weight is 522 g/mol. The Morgan fingerprint density at radius 2 is 1.91 bits per heavy atom. The van der Waals surface area contributed by atoms with E-state index in [-0.39, 0.29) is 25.1 Å². The highest BCUT2D eigenvalue weighted by molar-refractivity contribution is 9.10. The highest BCUT2D eigenvalue weighted by atomic mass is 79.9. The molecule has 33 heavy (non-hydrogen) atoms. The molecule has 178 valence electrons. The molecular weight excluding hydrogens is 494 g/mol. The zero-order valence-corrected chi connectivity index (χ0v) is 20.3. The molecule has 0 radical (unpaired) electrons. The zero-order chi connectivity index (χ0) is 24.6. The van der Waals surface area contributed by atoms with Crippen LogP contribution in [0.1, 0.15) is 49.5 Å². The number of ether oxygens (including phenoxy) is 1. The molecular formula is C23H28BrN3O6. The molecule has 1 atom stereocenters. The lowest BCUT2D eigenvalue weighted by Gasteiger charge is -2.20. The fourth-order valence-corrected chi connectivity index (χ4v) is 3.42. The molecule has 1 aromatic heterocycles. The minimum absolute atomic E-state index is 0.0654. The highest BCUT2D eigenvalue weighted by Crippen LogP contribution is 2.12. The van der Waals surface area contributed by atoms with Gasteiger partial charge in [0.1, 0.15) is 17.2 Å². The van der Waals surface area contributed by atoms with Gasteiger partial charge in [0.05, 0.1) is 6.54 Å². The van der Waals surface area contributed by atoms with Gasteiger partial charge in [-0.15, -0.1) is 0 Å². The summed E-state index contributed by atoms with van der Waals surface area (Å²) in [7, 11) is 0. The van der Waals surface area contributed by atoms with Crippen LogP contribution in [0.4, 0.5) is 4.79 Å². The van der Waals surface area contributed by atoms with E-state index in [9.17, 15) is 24.3 Å². The molecule has 0 spiro atoms. The number of hydrogen-bond acceptors (Lipinski definition) is 5. The molecule has 10 heteroatoms. The number of nitrogens with one attached hydrogen (secondary N) is 2. The second-order valence-corrected chi connectivity index (χ2v) is 9.34. The van der Waals surface area contributed by atoms with Crippen LogP contribution in [0, 0.1) is 0 Å². The Balaban J connectivity index is 1.99. The van der Waals surface area contributed by atoms with E-state index in [1.54, 1.807) is 33.0 Å². The minimum Gasteiger partial charge on any atom is -0.480 e. The lowest BCUT2D eigenvalue weighted by atomic mass is 10.1. The summed E-state index contributed by atoms with van der Waals surface area (Å²) in [5, 5.41) is 14.4. The summed E-state index contributed by atoms with van der Waals surface area (Å²) in [4.78, 5) is 48.7. The molecule has 0 unspecified atom stereocenters. The van der Waals surface area contributed by atoms with Crippen molar-refractivity contribution in [3.8, 4) is 0 Å². The fourth-order valence-electron chi connectivity index (χ4n) is 2.97. The maximum Gasteiger partial charge on any atom is 0.407 e. The number of carbonyl (C=O) groups is 3. The fraction of sp³-hybridized carbons (Fsp3) is 0.391. The van der Waals surface area contributed by atoms with Gasteiger partial charge < -0.3 is 25.0 Å². The zero-order valence-electron chi connectivity index (χ0n) is 18.8.